The molecule has 0 aliphatic carbocycles. The van der Waals surface area contributed by atoms with E-state index in [4.69, 9.17) is 23.2 Å². The van der Waals surface area contributed by atoms with Crippen molar-refractivity contribution in [1.82, 2.24) is 15.5 Å². The SMILES string of the molecule is CC(NCc1cn[nH]c1)c1cc(Cl)ccc1Cl. The number of H-pyrrole nitrogens is 1. The summed E-state index contributed by atoms with van der Waals surface area (Å²) in [5, 5.41) is 11.5. The Morgan fingerprint density at radius 3 is 2.94 bits per heavy atom. The molecule has 17 heavy (non-hydrogen) atoms. The molecule has 1 aromatic heterocycles. The Labute approximate surface area is 110 Å². The van der Waals surface area contributed by atoms with Crippen molar-refractivity contribution < 1.29 is 0 Å². The molecule has 0 bridgehead atoms. The number of hydrogen-bond acceptors (Lipinski definition) is 2. The van der Waals surface area contributed by atoms with Crippen LogP contribution in [0.25, 0.3) is 0 Å². The normalized spacial score (nSPS) is 12.6. The Morgan fingerprint density at radius 1 is 1.41 bits per heavy atom. The monoisotopic (exact) mass is 269 g/mol. The van der Waals surface area contributed by atoms with Gasteiger partial charge < -0.3 is 5.32 Å². The van der Waals surface area contributed by atoms with Crippen molar-refractivity contribution in [2.24, 2.45) is 0 Å². The number of rotatable bonds is 4. The van der Waals surface area contributed by atoms with Gasteiger partial charge in [0.2, 0.25) is 0 Å². The standard InChI is InChI=1S/C12H13Cl2N3/c1-8(15-5-9-6-16-17-7-9)11-4-10(13)2-3-12(11)14/h2-4,6-8,15H,5H2,1H3,(H,16,17). The van der Waals surface area contributed by atoms with Crippen LogP contribution in [0.15, 0.2) is 30.6 Å². The van der Waals surface area contributed by atoms with Crippen LogP contribution < -0.4 is 5.32 Å². The minimum Gasteiger partial charge on any atom is -0.306 e. The summed E-state index contributed by atoms with van der Waals surface area (Å²) in [4.78, 5) is 0. The largest absolute Gasteiger partial charge is 0.306 e. The highest BCUT2D eigenvalue weighted by Crippen LogP contribution is 2.26. The zero-order valence-corrected chi connectivity index (χ0v) is 10.9. The number of aromatic amines is 1. The van der Waals surface area contributed by atoms with E-state index in [0.29, 0.717) is 5.02 Å². The number of hydrogen-bond donors (Lipinski definition) is 2. The second-order valence-corrected chi connectivity index (χ2v) is 4.72. The molecule has 0 amide bonds. The smallest absolute Gasteiger partial charge is 0.0532 e. The van der Waals surface area contributed by atoms with Crippen LogP contribution in [0.4, 0.5) is 0 Å². The molecule has 2 N–H and O–H groups in total. The van der Waals surface area contributed by atoms with Crippen LogP contribution in [0.2, 0.25) is 10.0 Å². The summed E-state index contributed by atoms with van der Waals surface area (Å²) < 4.78 is 0. The molecule has 1 aromatic carbocycles. The molecule has 0 saturated heterocycles. The molecule has 90 valence electrons. The molecule has 1 heterocycles. The summed E-state index contributed by atoms with van der Waals surface area (Å²) in [6, 6.07) is 5.62. The van der Waals surface area contributed by atoms with Crippen LogP contribution >= 0.6 is 23.2 Å². The molecule has 1 atom stereocenters. The highest BCUT2D eigenvalue weighted by molar-refractivity contribution is 6.33. The van der Waals surface area contributed by atoms with Gasteiger partial charge in [-0.1, -0.05) is 23.2 Å². The molecule has 2 aromatic rings. The lowest BCUT2D eigenvalue weighted by Gasteiger charge is -2.15. The lowest BCUT2D eigenvalue weighted by molar-refractivity contribution is 0.575. The fraction of sp³-hybridized carbons (Fsp3) is 0.250. The highest BCUT2D eigenvalue weighted by Gasteiger charge is 2.09. The molecule has 0 radical (unpaired) electrons. The van der Waals surface area contributed by atoms with E-state index in [9.17, 15) is 0 Å². The third-order valence-electron chi connectivity index (χ3n) is 2.59. The van der Waals surface area contributed by atoms with Gasteiger partial charge in [0.05, 0.1) is 6.20 Å². The molecule has 0 aliphatic rings. The topological polar surface area (TPSA) is 40.7 Å². The molecule has 3 nitrogen and oxygen atoms in total. The van der Waals surface area contributed by atoms with Crippen LogP contribution in [0.3, 0.4) is 0 Å². The van der Waals surface area contributed by atoms with Crippen molar-refractivity contribution >= 4 is 23.2 Å². The average molecular weight is 270 g/mol. The summed E-state index contributed by atoms with van der Waals surface area (Å²) in [6.45, 7) is 2.79. The van der Waals surface area contributed by atoms with Crippen LogP contribution in [0.5, 0.6) is 0 Å². The Bertz CT molecular complexity index is 483. The molecule has 5 heteroatoms. The number of nitrogens with one attached hydrogen (secondary N) is 2. The predicted octanol–water partition coefficient (Wildman–Crippen LogP) is 3.57. The van der Waals surface area contributed by atoms with Crippen molar-refractivity contribution in [3.05, 3.63) is 51.8 Å². The Kier molecular flexibility index (Phi) is 4.05. The predicted molar refractivity (Wildman–Crippen MR) is 70.3 cm³/mol. The van der Waals surface area contributed by atoms with E-state index in [1.165, 1.54) is 0 Å². The molecule has 0 aliphatic heterocycles. The van der Waals surface area contributed by atoms with Crippen molar-refractivity contribution in [2.75, 3.05) is 0 Å². The fourth-order valence-electron chi connectivity index (χ4n) is 1.60. The minimum atomic E-state index is 0.135. The van der Waals surface area contributed by atoms with E-state index in [2.05, 4.69) is 22.4 Å². The summed E-state index contributed by atoms with van der Waals surface area (Å²) in [7, 11) is 0. The second kappa shape index (κ2) is 5.54. The van der Waals surface area contributed by atoms with Crippen molar-refractivity contribution in [1.29, 1.82) is 0 Å². The minimum absolute atomic E-state index is 0.135. The van der Waals surface area contributed by atoms with E-state index in [-0.39, 0.29) is 6.04 Å². The molecule has 0 saturated carbocycles. The number of halogens is 2. The van der Waals surface area contributed by atoms with Crippen molar-refractivity contribution in [3.8, 4) is 0 Å². The summed E-state index contributed by atoms with van der Waals surface area (Å²) in [5.41, 5.74) is 2.11. The van der Waals surface area contributed by atoms with Gasteiger partial charge in [0.25, 0.3) is 0 Å². The Balaban J connectivity index is 2.04. The number of benzene rings is 1. The summed E-state index contributed by atoms with van der Waals surface area (Å²) >= 11 is 12.1. The highest BCUT2D eigenvalue weighted by atomic mass is 35.5. The van der Waals surface area contributed by atoms with Crippen LogP contribution in [-0.2, 0) is 6.54 Å². The molecular weight excluding hydrogens is 257 g/mol. The van der Waals surface area contributed by atoms with Gasteiger partial charge in [0, 0.05) is 34.4 Å². The van der Waals surface area contributed by atoms with Crippen molar-refractivity contribution in [3.63, 3.8) is 0 Å². The van der Waals surface area contributed by atoms with Gasteiger partial charge in [0.15, 0.2) is 0 Å². The molecule has 2 rings (SSSR count). The fourth-order valence-corrected chi connectivity index (χ4v) is 2.06. The second-order valence-electron chi connectivity index (χ2n) is 3.87. The number of nitrogens with zero attached hydrogens (tertiary/aromatic N) is 1. The first-order valence-electron chi connectivity index (χ1n) is 5.33. The van der Waals surface area contributed by atoms with E-state index < -0.39 is 0 Å². The Hall–Kier alpha value is -1.03. The first-order valence-corrected chi connectivity index (χ1v) is 6.08. The number of aromatic nitrogens is 2. The maximum Gasteiger partial charge on any atom is 0.0532 e. The van der Waals surface area contributed by atoms with E-state index in [1.807, 2.05) is 18.3 Å². The lowest BCUT2D eigenvalue weighted by Crippen LogP contribution is -2.18. The lowest BCUT2D eigenvalue weighted by atomic mass is 10.1. The van der Waals surface area contributed by atoms with Crippen LogP contribution in [0, 0.1) is 0 Å². The van der Waals surface area contributed by atoms with Crippen LogP contribution in [0.1, 0.15) is 24.1 Å². The zero-order chi connectivity index (χ0) is 12.3. The average Bonchev–Trinajstić information content (AvgIpc) is 2.82. The van der Waals surface area contributed by atoms with Gasteiger partial charge in [-0.15, -0.1) is 0 Å². The first kappa shape index (κ1) is 12.4. The third-order valence-corrected chi connectivity index (χ3v) is 3.17. The first-order chi connectivity index (χ1) is 8.16. The summed E-state index contributed by atoms with van der Waals surface area (Å²) in [5.74, 6) is 0. The molecular formula is C12H13Cl2N3. The molecule has 0 spiro atoms. The van der Waals surface area contributed by atoms with Gasteiger partial charge in [-0.2, -0.15) is 5.10 Å². The maximum atomic E-state index is 6.13. The van der Waals surface area contributed by atoms with Crippen molar-refractivity contribution in [2.45, 2.75) is 19.5 Å². The van der Waals surface area contributed by atoms with Gasteiger partial charge in [-0.05, 0) is 30.7 Å². The maximum absolute atomic E-state index is 6.13. The molecule has 0 fully saturated rings. The van der Waals surface area contributed by atoms with Gasteiger partial charge >= 0.3 is 0 Å². The third kappa shape index (κ3) is 3.22. The Morgan fingerprint density at radius 2 is 2.24 bits per heavy atom. The quantitative estimate of drug-likeness (QED) is 0.891. The summed E-state index contributed by atoms with van der Waals surface area (Å²) in [6.07, 6.45) is 3.65. The van der Waals surface area contributed by atoms with Crippen LogP contribution in [-0.4, -0.2) is 10.2 Å². The van der Waals surface area contributed by atoms with E-state index in [1.54, 1.807) is 12.3 Å². The van der Waals surface area contributed by atoms with Gasteiger partial charge in [-0.3, -0.25) is 5.10 Å². The van der Waals surface area contributed by atoms with E-state index in [0.717, 1.165) is 22.7 Å². The van der Waals surface area contributed by atoms with Gasteiger partial charge in [0.1, 0.15) is 0 Å². The van der Waals surface area contributed by atoms with E-state index >= 15 is 0 Å². The van der Waals surface area contributed by atoms with Gasteiger partial charge in [-0.25, -0.2) is 0 Å². The zero-order valence-electron chi connectivity index (χ0n) is 9.37. The molecule has 1 unspecified atom stereocenters.